The second kappa shape index (κ2) is 4.58. The molecule has 2 rings (SSSR count). The number of halogens is 3. The molecule has 0 aliphatic rings. The molecule has 0 spiro atoms. The third kappa shape index (κ3) is 2.25. The zero-order valence-corrected chi connectivity index (χ0v) is 11.1. The molecule has 0 saturated carbocycles. The topological polar surface area (TPSA) is 34.9 Å². The summed E-state index contributed by atoms with van der Waals surface area (Å²) in [5, 5.41) is 4.05. The predicted molar refractivity (Wildman–Crippen MR) is 65.8 cm³/mol. The molecule has 1 aromatic heterocycles. The van der Waals surface area contributed by atoms with E-state index in [0.717, 1.165) is 0 Å². The van der Waals surface area contributed by atoms with E-state index in [1.54, 1.807) is 7.05 Å². The molecule has 0 N–H and O–H groups in total. The van der Waals surface area contributed by atoms with E-state index in [2.05, 4.69) is 21.0 Å². The van der Waals surface area contributed by atoms with Gasteiger partial charge in [0.15, 0.2) is 0 Å². The summed E-state index contributed by atoms with van der Waals surface area (Å²) in [6.07, 6.45) is 1.35. The maximum atomic E-state index is 13.6. The van der Waals surface area contributed by atoms with E-state index < -0.39 is 11.6 Å². The summed E-state index contributed by atoms with van der Waals surface area (Å²) in [5.41, 5.74) is 0.133. The van der Waals surface area contributed by atoms with Gasteiger partial charge in [-0.25, -0.2) is 4.39 Å². The van der Waals surface area contributed by atoms with Crippen molar-refractivity contribution >= 4 is 33.3 Å². The van der Waals surface area contributed by atoms with Gasteiger partial charge in [-0.2, -0.15) is 5.10 Å². The smallest absolute Gasteiger partial charge is 0.215 e. The van der Waals surface area contributed by atoms with Crippen LogP contribution in [0.25, 0.3) is 0 Å². The number of aryl methyl sites for hydroxylation is 1. The van der Waals surface area contributed by atoms with Gasteiger partial charge in [0.1, 0.15) is 11.5 Å². The first-order chi connectivity index (χ1) is 8.00. The van der Waals surface area contributed by atoms with Gasteiger partial charge in [0.2, 0.25) is 5.78 Å². The van der Waals surface area contributed by atoms with Crippen LogP contribution in [0.2, 0.25) is 5.02 Å². The Morgan fingerprint density at radius 3 is 2.82 bits per heavy atom. The van der Waals surface area contributed by atoms with Crippen LogP contribution in [0.1, 0.15) is 16.1 Å². The highest BCUT2D eigenvalue weighted by Crippen LogP contribution is 2.22. The zero-order chi connectivity index (χ0) is 12.6. The van der Waals surface area contributed by atoms with E-state index in [0.29, 0.717) is 4.47 Å². The summed E-state index contributed by atoms with van der Waals surface area (Å²) in [6.45, 7) is 0. The monoisotopic (exact) mass is 316 g/mol. The molecular formula is C11H7BrClFN2O. The van der Waals surface area contributed by atoms with Crippen molar-refractivity contribution in [2.24, 2.45) is 7.05 Å². The van der Waals surface area contributed by atoms with E-state index in [1.165, 1.54) is 29.1 Å². The first-order valence-corrected chi connectivity index (χ1v) is 5.85. The van der Waals surface area contributed by atoms with Crippen molar-refractivity contribution < 1.29 is 9.18 Å². The third-order valence-electron chi connectivity index (χ3n) is 2.28. The predicted octanol–water partition coefficient (Wildman–Crippen LogP) is 3.21. The van der Waals surface area contributed by atoms with Gasteiger partial charge in [0, 0.05) is 11.5 Å². The molecule has 0 atom stereocenters. The minimum absolute atomic E-state index is 0.0372. The minimum Gasteiger partial charge on any atom is -0.287 e. The summed E-state index contributed by atoms with van der Waals surface area (Å²) in [6, 6.07) is 4.17. The van der Waals surface area contributed by atoms with E-state index in [-0.39, 0.29) is 16.3 Å². The van der Waals surface area contributed by atoms with Crippen molar-refractivity contribution in [2.75, 3.05) is 0 Å². The van der Waals surface area contributed by atoms with Gasteiger partial charge in [0.25, 0.3) is 0 Å². The quantitative estimate of drug-likeness (QED) is 0.797. The van der Waals surface area contributed by atoms with Crippen molar-refractivity contribution in [3.05, 3.63) is 51.0 Å². The van der Waals surface area contributed by atoms with Gasteiger partial charge in [-0.15, -0.1) is 0 Å². The second-order valence-corrected chi connectivity index (χ2v) is 4.74. The molecule has 1 heterocycles. The van der Waals surface area contributed by atoms with Crippen molar-refractivity contribution in [2.45, 2.75) is 0 Å². The number of carbonyl (C=O) groups excluding carboxylic acids is 1. The molecule has 88 valence electrons. The summed E-state index contributed by atoms with van der Waals surface area (Å²) >= 11 is 9.03. The Labute approximate surface area is 110 Å². The maximum absolute atomic E-state index is 13.6. The normalized spacial score (nSPS) is 10.6. The molecular weight excluding hydrogens is 310 g/mol. The number of aromatic nitrogens is 2. The van der Waals surface area contributed by atoms with E-state index >= 15 is 0 Å². The lowest BCUT2D eigenvalue weighted by atomic mass is 10.1. The van der Waals surface area contributed by atoms with Crippen LogP contribution < -0.4 is 0 Å². The van der Waals surface area contributed by atoms with Crippen LogP contribution >= 0.6 is 27.5 Å². The molecule has 3 nitrogen and oxygen atoms in total. The zero-order valence-electron chi connectivity index (χ0n) is 8.75. The van der Waals surface area contributed by atoms with Crippen LogP contribution in [-0.2, 0) is 7.05 Å². The fourth-order valence-electron chi connectivity index (χ4n) is 1.47. The molecule has 2 aromatic rings. The van der Waals surface area contributed by atoms with E-state index in [9.17, 15) is 9.18 Å². The lowest BCUT2D eigenvalue weighted by Crippen LogP contribution is -2.10. The number of benzene rings is 1. The number of carbonyl (C=O) groups is 1. The Morgan fingerprint density at radius 2 is 2.24 bits per heavy atom. The van der Waals surface area contributed by atoms with E-state index in [4.69, 9.17) is 11.6 Å². The highest BCUT2D eigenvalue weighted by atomic mass is 79.9. The number of hydrogen-bond donors (Lipinski definition) is 0. The van der Waals surface area contributed by atoms with Gasteiger partial charge < -0.3 is 0 Å². The Balaban J connectivity index is 2.55. The fourth-order valence-corrected chi connectivity index (χ4v) is 2.08. The first kappa shape index (κ1) is 12.3. The molecule has 0 fully saturated rings. The summed E-state index contributed by atoms with van der Waals surface area (Å²) in [7, 11) is 1.58. The Bertz CT molecular complexity index is 578. The number of hydrogen-bond acceptors (Lipinski definition) is 2. The minimum atomic E-state index is -0.588. The molecule has 0 amide bonds. The van der Waals surface area contributed by atoms with Gasteiger partial charge in [0.05, 0.1) is 16.8 Å². The Kier molecular flexibility index (Phi) is 3.31. The highest BCUT2D eigenvalue weighted by molar-refractivity contribution is 9.10. The van der Waals surface area contributed by atoms with Gasteiger partial charge in [-0.1, -0.05) is 27.5 Å². The number of nitrogens with zero attached hydrogens (tertiary/aromatic N) is 2. The molecule has 0 saturated heterocycles. The molecule has 0 aliphatic carbocycles. The van der Waals surface area contributed by atoms with Crippen LogP contribution in [0.5, 0.6) is 0 Å². The molecule has 0 bridgehead atoms. The molecule has 0 aliphatic heterocycles. The van der Waals surface area contributed by atoms with Crippen molar-refractivity contribution in [1.29, 1.82) is 0 Å². The highest BCUT2D eigenvalue weighted by Gasteiger charge is 2.20. The lowest BCUT2D eigenvalue weighted by molar-refractivity contribution is 0.102. The molecule has 17 heavy (non-hydrogen) atoms. The Hall–Kier alpha value is -1.20. The van der Waals surface area contributed by atoms with Gasteiger partial charge >= 0.3 is 0 Å². The molecule has 6 heteroatoms. The second-order valence-electron chi connectivity index (χ2n) is 3.42. The SMILES string of the molecule is Cn1ncc(Cl)c1C(=O)c1cc(Br)ccc1F. The standard InChI is InChI=1S/C11H7BrClFN2O/c1-16-10(8(13)5-15-16)11(17)7-4-6(12)2-3-9(7)14/h2-5H,1H3. The Morgan fingerprint density at radius 1 is 1.53 bits per heavy atom. The van der Waals surface area contributed by atoms with Crippen molar-refractivity contribution in [1.82, 2.24) is 9.78 Å². The van der Waals surface area contributed by atoms with Gasteiger partial charge in [-0.3, -0.25) is 9.48 Å². The van der Waals surface area contributed by atoms with Gasteiger partial charge in [-0.05, 0) is 18.2 Å². The summed E-state index contributed by atoms with van der Waals surface area (Å²) < 4.78 is 15.5. The number of rotatable bonds is 2. The molecule has 0 unspecified atom stereocenters. The van der Waals surface area contributed by atoms with Crippen LogP contribution in [0.3, 0.4) is 0 Å². The third-order valence-corrected chi connectivity index (χ3v) is 3.05. The van der Waals surface area contributed by atoms with Crippen LogP contribution in [0.4, 0.5) is 4.39 Å². The average molecular weight is 318 g/mol. The van der Waals surface area contributed by atoms with Crippen molar-refractivity contribution in [3.8, 4) is 0 Å². The van der Waals surface area contributed by atoms with Crippen LogP contribution in [0, 0.1) is 5.82 Å². The van der Waals surface area contributed by atoms with Crippen molar-refractivity contribution in [3.63, 3.8) is 0 Å². The lowest BCUT2D eigenvalue weighted by Gasteiger charge is -2.04. The summed E-state index contributed by atoms with van der Waals surface area (Å²) in [4.78, 5) is 12.1. The first-order valence-electron chi connectivity index (χ1n) is 4.68. The molecule has 1 aromatic carbocycles. The average Bonchev–Trinajstić information content (AvgIpc) is 2.61. The largest absolute Gasteiger partial charge is 0.287 e. The van der Waals surface area contributed by atoms with E-state index in [1.807, 2.05) is 0 Å². The summed E-state index contributed by atoms with van der Waals surface area (Å²) in [5.74, 6) is -1.08. The maximum Gasteiger partial charge on any atom is 0.215 e. The van der Waals surface area contributed by atoms with Crippen LogP contribution in [0.15, 0.2) is 28.9 Å². The fraction of sp³-hybridized carbons (Fsp3) is 0.0909. The van der Waals surface area contributed by atoms with Crippen LogP contribution in [-0.4, -0.2) is 15.6 Å². The molecule has 0 radical (unpaired) electrons. The number of ketones is 1.